The summed E-state index contributed by atoms with van der Waals surface area (Å²) in [6.07, 6.45) is 4.95. The van der Waals surface area contributed by atoms with Crippen LogP contribution in [0.1, 0.15) is 85.5 Å². The smallest absolute Gasteiger partial charge is 0.306 e. The molecule has 4 aliphatic carbocycles. The molecule has 0 heterocycles. The van der Waals surface area contributed by atoms with Crippen LogP contribution in [-0.2, 0) is 4.79 Å². The van der Waals surface area contributed by atoms with Gasteiger partial charge in [0.25, 0.3) is 0 Å². The van der Waals surface area contributed by atoms with Gasteiger partial charge in [0, 0.05) is 5.41 Å². The lowest BCUT2D eigenvalue weighted by atomic mass is 9.43. The zero-order valence-electron chi connectivity index (χ0n) is 20.9. The Kier molecular flexibility index (Phi) is 6.98. The van der Waals surface area contributed by atoms with Crippen molar-refractivity contribution in [3.8, 4) is 0 Å². The number of aliphatic carboxylic acids is 1. The van der Waals surface area contributed by atoms with Gasteiger partial charge in [-0.15, -0.1) is 0 Å². The van der Waals surface area contributed by atoms with Crippen LogP contribution in [0, 0.1) is 52.3 Å². The molecule has 0 aromatic carbocycles. The summed E-state index contributed by atoms with van der Waals surface area (Å²) in [4.78, 5) is 11.2. The lowest BCUT2D eigenvalue weighted by molar-refractivity contribution is -0.207. The zero-order valence-corrected chi connectivity index (χ0v) is 20.9. The van der Waals surface area contributed by atoms with E-state index in [1.54, 1.807) is 6.92 Å². The summed E-state index contributed by atoms with van der Waals surface area (Å²) in [5, 5.41) is 53.7. The van der Waals surface area contributed by atoms with Gasteiger partial charge in [-0.05, 0) is 85.9 Å². The van der Waals surface area contributed by atoms with Gasteiger partial charge in [0.05, 0.1) is 30.3 Å². The van der Waals surface area contributed by atoms with Crippen LogP contribution in [0.4, 0.5) is 0 Å². The summed E-state index contributed by atoms with van der Waals surface area (Å²) < 4.78 is 0. The Labute approximate surface area is 198 Å². The second kappa shape index (κ2) is 9.07. The fourth-order valence-corrected chi connectivity index (χ4v) is 9.28. The standard InChI is InChI=1S/C27H46O6/c1-14(6-5-7-15(2)25(32)33)24-21(30)12-19-23-18(13-22(31)27(19,24)4)26(3)9-8-17(28)10-16(26)11-20(23)29/h14-24,28-31H,5-13H2,1-4H3,(H,32,33)/t14-,15?,16+,17-,18+,19+,20-,21-,22+,23-,24+,26+,27-/m1/s1. The van der Waals surface area contributed by atoms with E-state index in [-0.39, 0.29) is 52.9 Å². The van der Waals surface area contributed by atoms with Crippen molar-refractivity contribution in [2.24, 2.45) is 52.3 Å². The Morgan fingerprint density at radius 3 is 2.30 bits per heavy atom. The van der Waals surface area contributed by atoms with Gasteiger partial charge in [-0.2, -0.15) is 0 Å². The quantitative estimate of drug-likeness (QED) is 0.409. The summed E-state index contributed by atoms with van der Waals surface area (Å²) >= 11 is 0. The average Bonchev–Trinajstić information content (AvgIpc) is 3.01. The average molecular weight is 467 g/mol. The molecule has 6 nitrogen and oxygen atoms in total. The zero-order chi connectivity index (χ0) is 24.3. The molecule has 1 unspecified atom stereocenters. The molecule has 13 atom stereocenters. The van der Waals surface area contributed by atoms with E-state index in [4.69, 9.17) is 0 Å². The molecule has 0 saturated heterocycles. The van der Waals surface area contributed by atoms with Crippen LogP contribution >= 0.6 is 0 Å². The molecule has 0 spiro atoms. The van der Waals surface area contributed by atoms with Gasteiger partial charge in [0.2, 0.25) is 0 Å². The van der Waals surface area contributed by atoms with Crippen molar-refractivity contribution >= 4 is 5.97 Å². The highest BCUT2D eigenvalue weighted by Gasteiger charge is 2.67. The predicted octanol–water partition coefficient (Wildman–Crippen LogP) is 3.45. The fourth-order valence-electron chi connectivity index (χ4n) is 9.28. The molecule has 4 aliphatic rings. The molecule has 0 bridgehead atoms. The highest BCUT2D eigenvalue weighted by Crippen LogP contribution is 2.68. The number of carbonyl (C=O) groups is 1. The van der Waals surface area contributed by atoms with E-state index < -0.39 is 29.7 Å². The Morgan fingerprint density at radius 1 is 0.939 bits per heavy atom. The number of hydrogen-bond acceptors (Lipinski definition) is 5. The normalized spacial score (nSPS) is 51.2. The van der Waals surface area contributed by atoms with E-state index in [1.807, 2.05) is 0 Å². The van der Waals surface area contributed by atoms with Gasteiger partial charge in [0.15, 0.2) is 0 Å². The summed E-state index contributed by atoms with van der Waals surface area (Å²) in [6.45, 7) is 8.34. The van der Waals surface area contributed by atoms with E-state index in [2.05, 4.69) is 20.8 Å². The number of carboxylic acid groups (broad SMARTS) is 1. The van der Waals surface area contributed by atoms with Crippen molar-refractivity contribution < 1.29 is 30.3 Å². The molecule has 33 heavy (non-hydrogen) atoms. The van der Waals surface area contributed by atoms with Crippen molar-refractivity contribution in [1.82, 2.24) is 0 Å². The molecule has 4 rings (SSSR count). The van der Waals surface area contributed by atoms with E-state index in [9.17, 15) is 30.3 Å². The van der Waals surface area contributed by atoms with Crippen LogP contribution in [0.2, 0.25) is 0 Å². The maximum atomic E-state index is 11.6. The Balaban J connectivity index is 1.55. The third-order valence-electron chi connectivity index (χ3n) is 11.2. The van der Waals surface area contributed by atoms with E-state index >= 15 is 0 Å². The van der Waals surface area contributed by atoms with Crippen LogP contribution in [-0.4, -0.2) is 55.9 Å². The number of carboxylic acids is 1. The first-order valence-corrected chi connectivity index (χ1v) is 13.4. The third-order valence-corrected chi connectivity index (χ3v) is 11.2. The fraction of sp³-hybridized carbons (Fsp3) is 0.963. The number of rotatable bonds is 6. The van der Waals surface area contributed by atoms with E-state index in [1.165, 1.54) is 0 Å². The molecule has 0 aromatic rings. The summed E-state index contributed by atoms with van der Waals surface area (Å²) in [6, 6.07) is 0. The highest BCUT2D eigenvalue weighted by molar-refractivity contribution is 5.69. The minimum absolute atomic E-state index is 0.0209. The molecule has 0 radical (unpaired) electrons. The number of aliphatic hydroxyl groups excluding tert-OH is 4. The van der Waals surface area contributed by atoms with Gasteiger partial charge in [0.1, 0.15) is 0 Å². The van der Waals surface area contributed by atoms with Gasteiger partial charge >= 0.3 is 5.97 Å². The summed E-state index contributed by atoms with van der Waals surface area (Å²) in [5.74, 6) is -0.357. The topological polar surface area (TPSA) is 118 Å². The number of fused-ring (bicyclic) bond motifs is 5. The minimum Gasteiger partial charge on any atom is -0.481 e. The Bertz CT molecular complexity index is 727. The van der Waals surface area contributed by atoms with E-state index in [0.717, 1.165) is 32.1 Å². The molecular formula is C27H46O6. The van der Waals surface area contributed by atoms with Crippen LogP contribution in [0.5, 0.6) is 0 Å². The first kappa shape index (κ1) is 25.4. The van der Waals surface area contributed by atoms with Crippen molar-refractivity contribution in [2.75, 3.05) is 0 Å². The maximum Gasteiger partial charge on any atom is 0.306 e. The van der Waals surface area contributed by atoms with Crippen molar-refractivity contribution in [2.45, 2.75) is 110 Å². The Morgan fingerprint density at radius 2 is 1.64 bits per heavy atom. The van der Waals surface area contributed by atoms with Crippen LogP contribution in [0.15, 0.2) is 0 Å². The molecular weight excluding hydrogens is 420 g/mol. The van der Waals surface area contributed by atoms with Gasteiger partial charge in [-0.3, -0.25) is 4.79 Å². The predicted molar refractivity (Wildman–Crippen MR) is 125 cm³/mol. The van der Waals surface area contributed by atoms with Crippen molar-refractivity contribution in [1.29, 1.82) is 0 Å². The SMILES string of the molecule is CC(CCC[C@@H](C)[C@H]1[C@H](O)C[C@H]2[C@@H]3[C@H](O)C[C@@H]4C[C@H](O)CC[C@]4(C)[C@H]3C[C@H](O)[C@]12C)C(=O)O. The van der Waals surface area contributed by atoms with Crippen LogP contribution < -0.4 is 0 Å². The van der Waals surface area contributed by atoms with Crippen molar-refractivity contribution in [3.05, 3.63) is 0 Å². The monoisotopic (exact) mass is 466 g/mol. The molecule has 5 N–H and O–H groups in total. The van der Waals surface area contributed by atoms with E-state index in [0.29, 0.717) is 25.7 Å². The highest BCUT2D eigenvalue weighted by atomic mass is 16.4. The largest absolute Gasteiger partial charge is 0.481 e. The van der Waals surface area contributed by atoms with Gasteiger partial charge in [-0.1, -0.05) is 40.5 Å². The number of hydrogen-bond donors (Lipinski definition) is 5. The second-order valence-electron chi connectivity index (χ2n) is 12.8. The lowest BCUT2D eigenvalue weighted by Crippen LogP contribution is -2.62. The molecule has 6 heteroatoms. The number of aliphatic hydroxyl groups is 4. The van der Waals surface area contributed by atoms with Gasteiger partial charge in [-0.25, -0.2) is 0 Å². The molecule has 0 amide bonds. The second-order valence-corrected chi connectivity index (χ2v) is 12.8. The molecule has 190 valence electrons. The summed E-state index contributed by atoms with van der Waals surface area (Å²) in [5.41, 5.74) is -0.427. The summed E-state index contributed by atoms with van der Waals surface area (Å²) in [7, 11) is 0. The first-order valence-electron chi connectivity index (χ1n) is 13.4. The molecule has 4 fully saturated rings. The van der Waals surface area contributed by atoms with Crippen molar-refractivity contribution in [3.63, 3.8) is 0 Å². The third kappa shape index (κ3) is 4.07. The first-order chi connectivity index (χ1) is 15.4. The minimum atomic E-state index is -0.766. The molecule has 4 saturated carbocycles. The van der Waals surface area contributed by atoms with Gasteiger partial charge < -0.3 is 25.5 Å². The molecule has 0 aliphatic heterocycles. The van der Waals surface area contributed by atoms with Crippen LogP contribution in [0.25, 0.3) is 0 Å². The molecule has 0 aromatic heterocycles. The maximum absolute atomic E-state index is 11.6. The lowest BCUT2D eigenvalue weighted by Gasteiger charge is -2.63. The Hall–Kier alpha value is -0.690. The van der Waals surface area contributed by atoms with Crippen LogP contribution in [0.3, 0.4) is 0 Å².